The van der Waals surface area contributed by atoms with E-state index in [1.165, 1.54) is 0 Å². The minimum absolute atomic E-state index is 0.0111. The van der Waals surface area contributed by atoms with Crippen LogP contribution >= 0.6 is 11.8 Å². The number of hydrogen-bond acceptors (Lipinski definition) is 9. The van der Waals surface area contributed by atoms with Crippen molar-refractivity contribution in [3.05, 3.63) is 77.1 Å². The Kier molecular flexibility index (Phi) is 10.3. The fraction of sp³-hybridized carbons (Fsp3) is 0.407. The number of carbonyl (C=O) groups excluding carboxylic acids is 2. The molecule has 1 aliphatic heterocycles. The Morgan fingerprint density at radius 1 is 1.08 bits per heavy atom. The fourth-order valence-electron chi connectivity index (χ4n) is 4.00. The third kappa shape index (κ3) is 8.27. The van der Waals surface area contributed by atoms with E-state index in [1.807, 2.05) is 60.1 Å². The SMILES string of the molecule is CCOC(=O)CNC(=O)NCc1ccc([C@H]2O[C@@H](CSc3nncn3C)C[C@@H](c3ccc(CO)cc3)O2)cc1. The van der Waals surface area contributed by atoms with Crippen molar-refractivity contribution in [3.8, 4) is 0 Å². The summed E-state index contributed by atoms with van der Waals surface area (Å²) in [5.74, 6) is 0.195. The van der Waals surface area contributed by atoms with Gasteiger partial charge >= 0.3 is 12.0 Å². The van der Waals surface area contributed by atoms with Gasteiger partial charge in [0, 0.05) is 31.3 Å². The van der Waals surface area contributed by atoms with Crippen LogP contribution in [-0.2, 0) is 39.2 Å². The third-order valence-corrected chi connectivity index (χ3v) is 7.25. The van der Waals surface area contributed by atoms with Crippen molar-refractivity contribution in [2.75, 3.05) is 18.9 Å². The van der Waals surface area contributed by atoms with Crippen molar-refractivity contribution in [2.45, 2.75) is 50.2 Å². The van der Waals surface area contributed by atoms with E-state index in [0.717, 1.165) is 27.4 Å². The molecule has 11 nitrogen and oxygen atoms in total. The molecular weight excluding hydrogens is 522 g/mol. The van der Waals surface area contributed by atoms with Crippen LogP contribution < -0.4 is 10.6 Å². The van der Waals surface area contributed by atoms with E-state index < -0.39 is 18.3 Å². The Bertz CT molecular complexity index is 1220. The van der Waals surface area contributed by atoms with Crippen LogP contribution in [0.15, 0.2) is 60.0 Å². The van der Waals surface area contributed by atoms with Gasteiger partial charge in [0.25, 0.3) is 0 Å². The van der Waals surface area contributed by atoms with Crippen LogP contribution in [0.3, 0.4) is 0 Å². The normalized spacial score (nSPS) is 18.9. The summed E-state index contributed by atoms with van der Waals surface area (Å²) in [7, 11) is 1.90. The molecule has 2 aromatic carbocycles. The lowest BCUT2D eigenvalue weighted by atomic mass is 10.0. The predicted molar refractivity (Wildman–Crippen MR) is 143 cm³/mol. The standard InChI is InChI=1S/C27H33N5O6S/c1-3-36-24(34)14-29-26(35)28-13-18-4-10-21(11-5-18)25-37-22(16-39-27-31-30-17-32(27)2)12-23(38-25)20-8-6-19(15-33)7-9-20/h4-11,17,22-23,25,33H,3,12-16H2,1-2H3,(H2,28,29,35)/t22-,23+,25+/m1/s1. The molecule has 0 spiro atoms. The average molecular weight is 556 g/mol. The molecule has 1 fully saturated rings. The maximum Gasteiger partial charge on any atom is 0.325 e. The molecule has 2 amide bonds. The van der Waals surface area contributed by atoms with Gasteiger partial charge in [0.05, 0.1) is 25.4 Å². The molecule has 1 aromatic heterocycles. The summed E-state index contributed by atoms with van der Waals surface area (Å²) < 4.78 is 19.4. The Labute approximate surface area is 231 Å². The molecule has 1 saturated heterocycles. The maximum atomic E-state index is 12.0. The second-order valence-corrected chi connectivity index (χ2v) is 9.96. The summed E-state index contributed by atoms with van der Waals surface area (Å²) in [5.41, 5.74) is 3.60. The monoisotopic (exact) mass is 555 g/mol. The Hall–Kier alpha value is -3.45. The number of ether oxygens (including phenoxy) is 3. The number of benzene rings is 2. The van der Waals surface area contributed by atoms with Gasteiger partial charge < -0.3 is 34.5 Å². The first-order chi connectivity index (χ1) is 18.9. The van der Waals surface area contributed by atoms with Crippen molar-refractivity contribution in [2.24, 2.45) is 7.05 Å². The minimum atomic E-state index is -0.582. The molecule has 12 heteroatoms. The van der Waals surface area contributed by atoms with E-state index >= 15 is 0 Å². The number of urea groups is 1. The summed E-state index contributed by atoms with van der Waals surface area (Å²) in [6.07, 6.45) is 1.47. The number of nitrogens with zero attached hydrogens (tertiary/aromatic N) is 3. The minimum Gasteiger partial charge on any atom is -0.465 e. The van der Waals surface area contributed by atoms with E-state index in [9.17, 15) is 14.7 Å². The molecular formula is C27H33N5O6S. The van der Waals surface area contributed by atoms with E-state index in [0.29, 0.717) is 12.2 Å². The highest BCUT2D eigenvalue weighted by Crippen LogP contribution is 2.39. The lowest BCUT2D eigenvalue weighted by Gasteiger charge is -2.36. The number of aliphatic hydroxyl groups excluding tert-OH is 1. The summed E-state index contributed by atoms with van der Waals surface area (Å²) in [6, 6.07) is 14.9. The van der Waals surface area contributed by atoms with Gasteiger partial charge in [0.2, 0.25) is 0 Å². The molecule has 0 unspecified atom stereocenters. The summed E-state index contributed by atoms with van der Waals surface area (Å²) >= 11 is 1.58. The van der Waals surface area contributed by atoms with Crippen molar-refractivity contribution < 1.29 is 28.9 Å². The van der Waals surface area contributed by atoms with Gasteiger partial charge in [-0.15, -0.1) is 10.2 Å². The van der Waals surface area contributed by atoms with Gasteiger partial charge in [-0.25, -0.2) is 4.79 Å². The van der Waals surface area contributed by atoms with Crippen molar-refractivity contribution >= 4 is 23.8 Å². The number of aryl methyl sites for hydroxylation is 1. The molecule has 1 aliphatic rings. The summed E-state index contributed by atoms with van der Waals surface area (Å²) in [6.45, 7) is 2.07. The molecule has 39 heavy (non-hydrogen) atoms. The van der Waals surface area contributed by atoms with Crippen LogP contribution in [0.4, 0.5) is 4.79 Å². The number of aromatic nitrogens is 3. The lowest BCUT2D eigenvalue weighted by molar-refractivity contribution is -0.245. The molecule has 0 saturated carbocycles. The first kappa shape index (κ1) is 28.6. The van der Waals surface area contributed by atoms with Crippen LogP contribution in [0.25, 0.3) is 0 Å². The van der Waals surface area contributed by atoms with Crippen molar-refractivity contribution in [3.63, 3.8) is 0 Å². The lowest BCUT2D eigenvalue weighted by Crippen LogP contribution is -2.38. The van der Waals surface area contributed by atoms with Gasteiger partial charge in [-0.2, -0.15) is 0 Å². The Morgan fingerprint density at radius 2 is 1.79 bits per heavy atom. The summed E-state index contributed by atoms with van der Waals surface area (Å²) in [5, 5.41) is 23.5. The average Bonchev–Trinajstić information content (AvgIpc) is 3.38. The molecule has 0 bridgehead atoms. The zero-order valence-electron chi connectivity index (χ0n) is 21.9. The predicted octanol–water partition coefficient (Wildman–Crippen LogP) is 3.01. The highest BCUT2D eigenvalue weighted by atomic mass is 32.2. The molecule has 0 aliphatic carbocycles. The molecule has 3 aromatic rings. The van der Waals surface area contributed by atoms with Gasteiger partial charge in [-0.3, -0.25) is 4.79 Å². The third-order valence-electron chi connectivity index (χ3n) is 6.09. The quantitative estimate of drug-likeness (QED) is 0.241. The smallest absolute Gasteiger partial charge is 0.325 e. The van der Waals surface area contributed by atoms with Crippen LogP contribution in [0.5, 0.6) is 0 Å². The fourth-order valence-corrected chi connectivity index (χ4v) is 4.90. The van der Waals surface area contributed by atoms with Crippen LogP contribution in [-0.4, -0.2) is 56.9 Å². The second kappa shape index (κ2) is 14.1. The van der Waals surface area contributed by atoms with Gasteiger partial charge in [-0.05, 0) is 23.6 Å². The molecule has 4 rings (SSSR count). The zero-order valence-corrected chi connectivity index (χ0v) is 22.7. The molecule has 2 heterocycles. The van der Waals surface area contributed by atoms with E-state index in [4.69, 9.17) is 14.2 Å². The van der Waals surface area contributed by atoms with Gasteiger partial charge in [0.15, 0.2) is 11.4 Å². The highest BCUT2D eigenvalue weighted by molar-refractivity contribution is 7.99. The molecule has 0 radical (unpaired) electrons. The maximum absolute atomic E-state index is 12.0. The van der Waals surface area contributed by atoms with Crippen LogP contribution in [0.1, 0.15) is 48.0 Å². The topological polar surface area (TPSA) is 137 Å². The van der Waals surface area contributed by atoms with Crippen LogP contribution in [0.2, 0.25) is 0 Å². The van der Waals surface area contributed by atoms with Crippen LogP contribution in [0, 0.1) is 0 Å². The molecule has 3 N–H and O–H groups in total. The number of nitrogens with one attached hydrogen (secondary N) is 2. The van der Waals surface area contributed by atoms with E-state index in [1.54, 1.807) is 25.0 Å². The Balaban J connectivity index is 1.39. The van der Waals surface area contributed by atoms with Crippen molar-refractivity contribution in [1.82, 2.24) is 25.4 Å². The number of amides is 2. The number of thioether (sulfide) groups is 1. The molecule has 3 atom stereocenters. The number of esters is 1. The van der Waals surface area contributed by atoms with Crippen molar-refractivity contribution in [1.29, 1.82) is 0 Å². The number of hydrogen-bond donors (Lipinski definition) is 3. The zero-order chi connectivity index (χ0) is 27.6. The largest absolute Gasteiger partial charge is 0.465 e. The number of carbonyl (C=O) groups is 2. The van der Waals surface area contributed by atoms with E-state index in [2.05, 4.69) is 20.8 Å². The first-order valence-electron chi connectivity index (χ1n) is 12.7. The van der Waals surface area contributed by atoms with E-state index in [-0.39, 0.29) is 38.5 Å². The van der Waals surface area contributed by atoms with Gasteiger partial charge in [-0.1, -0.05) is 60.3 Å². The summed E-state index contributed by atoms with van der Waals surface area (Å²) in [4.78, 5) is 23.3. The number of aliphatic hydroxyl groups is 1. The van der Waals surface area contributed by atoms with Gasteiger partial charge in [0.1, 0.15) is 12.9 Å². The second-order valence-electron chi connectivity index (χ2n) is 8.97. The molecule has 208 valence electrons. The first-order valence-corrected chi connectivity index (χ1v) is 13.7. The Morgan fingerprint density at radius 3 is 2.46 bits per heavy atom. The number of rotatable bonds is 11. The highest BCUT2D eigenvalue weighted by Gasteiger charge is 2.32.